The van der Waals surface area contributed by atoms with Crippen LogP contribution in [0.4, 0.5) is 0 Å². The van der Waals surface area contributed by atoms with E-state index in [1.165, 1.54) is 0 Å². The van der Waals surface area contributed by atoms with Crippen LogP contribution >= 0.6 is 11.6 Å². The van der Waals surface area contributed by atoms with Crippen molar-refractivity contribution in [2.45, 2.75) is 13.3 Å². The molecule has 0 fully saturated rings. The number of carbonyl (C=O) groups is 1. The van der Waals surface area contributed by atoms with Crippen LogP contribution in [0.3, 0.4) is 0 Å². The Morgan fingerprint density at radius 3 is 2.80 bits per heavy atom. The summed E-state index contributed by atoms with van der Waals surface area (Å²) in [7, 11) is 0. The van der Waals surface area contributed by atoms with Gasteiger partial charge in [-0.15, -0.1) is 0 Å². The molecule has 1 aromatic rings. The Hall–Kier alpha value is -1.35. The van der Waals surface area contributed by atoms with Crippen molar-refractivity contribution >= 4 is 23.3 Å². The Morgan fingerprint density at radius 1 is 1.60 bits per heavy atom. The highest BCUT2D eigenvalue weighted by Crippen LogP contribution is 2.14. The number of carboxylic acid groups (broad SMARTS) is 1. The number of carboxylic acids is 1. The fourth-order valence-electron chi connectivity index (χ4n) is 1.19. The van der Waals surface area contributed by atoms with E-state index in [0.29, 0.717) is 16.3 Å². The Kier molecular flexibility index (Phi) is 3.86. The third-order valence-corrected chi connectivity index (χ3v) is 2.34. The largest absolute Gasteiger partial charge is 0.481 e. The van der Waals surface area contributed by atoms with E-state index in [0.717, 1.165) is 0 Å². The maximum Gasteiger partial charge on any atom is 0.306 e. The van der Waals surface area contributed by atoms with Gasteiger partial charge < -0.3 is 10.5 Å². The summed E-state index contributed by atoms with van der Waals surface area (Å²) in [6.07, 6.45) is 0.218. The molecule has 15 heavy (non-hydrogen) atoms. The highest BCUT2D eigenvalue weighted by Gasteiger charge is 2.14. The number of benzene rings is 1. The molecular weight excluding hydrogens is 214 g/mol. The monoisotopic (exact) mass is 225 g/mol. The summed E-state index contributed by atoms with van der Waals surface area (Å²) < 4.78 is 0. The molecule has 0 amide bonds. The minimum absolute atomic E-state index is 0.218. The van der Waals surface area contributed by atoms with E-state index in [1.54, 1.807) is 31.2 Å². The predicted octanol–water partition coefficient (Wildman–Crippen LogP) is 2.82. The molecule has 80 valence electrons. The van der Waals surface area contributed by atoms with E-state index >= 15 is 0 Å². The lowest BCUT2D eigenvalue weighted by molar-refractivity contribution is -0.140. The van der Waals surface area contributed by atoms with Gasteiger partial charge in [-0.05, 0) is 17.7 Å². The third-order valence-electron chi connectivity index (χ3n) is 2.10. The first-order valence-corrected chi connectivity index (χ1v) is 4.94. The quantitative estimate of drug-likeness (QED) is 0.774. The van der Waals surface area contributed by atoms with Crippen molar-refractivity contribution in [1.29, 1.82) is 5.41 Å². The van der Waals surface area contributed by atoms with Gasteiger partial charge in [-0.25, -0.2) is 0 Å². The molecule has 2 N–H and O–H groups in total. The van der Waals surface area contributed by atoms with Crippen LogP contribution in [-0.2, 0) is 4.79 Å². The summed E-state index contributed by atoms with van der Waals surface area (Å²) in [6, 6.07) is 6.89. The van der Waals surface area contributed by atoms with E-state index in [-0.39, 0.29) is 6.42 Å². The lowest BCUT2D eigenvalue weighted by Crippen LogP contribution is -2.14. The first kappa shape index (κ1) is 11.7. The zero-order valence-corrected chi connectivity index (χ0v) is 9.08. The minimum atomic E-state index is -0.887. The Morgan fingerprint density at radius 2 is 2.27 bits per heavy atom. The van der Waals surface area contributed by atoms with Gasteiger partial charge in [0.1, 0.15) is 0 Å². The molecule has 0 aromatic heterocycles. The van der Waals surface area contributed by atoms with Crippen molar-refractivity contribution < 1.29 is 9.90 Å². The second-order valence-corrected chi connectivity index (χ2v) is 3.87. The zero-order valence-electron chi connectivity index (χ0n) is 8.33. The molecular formula is C11H12ClNO2. The average Bonchev–Trinajstić information content (AvgIpc) is 2.17. The highest BCUT2D eigenvalue weighted by atomic mass is 35.5. The van der Waals surface area contributed by atoms with E-state index in [9.17, 15) is 4.79 Å². The van der Waals surface area contributed by atoms with Gasteiger partial charge in [-0.1, -0.05) is 30.7 Å². The van der Waals surface area contributed by atoms with Gasteiger partial charge in [0, 0.05) is 17.2 Å². The van der Waals surface area contributed by atoms with Crippen LogP contribution < -0.4 is 0 Å². The number of hydrogen-bond acceptors (Lipinski definition) is 2. The lowest BCUT2D eigenvalue weighted by atomic mass is 9.99. The fourth-order valence-corrected chi connectivity index (χ4v) is 1.38. The summed E-state index contributed by atoms with van der Waals surface area (Å²) in [5.74, 6) is -1.43. The Balaban J connectivity index is 2.73. The number of nitrogens with one attached hydrogen (secondary N) is 1. The molecule has 1 atom stereocenters. The Bertz CT molecular complexity index is 390. The molecule has 0 radical (unpaired) electrons. The predicted molar refractivity (Wildman–Crippen MR) is 59.7 cm³/mol. The molecule has 0 aliphatic carbocycles. The Labute approximate surface area is 93.2 Å². The standard InChI is InChI=1S/C11H12ClNO2/c1-7(11(14)15)5-10(13)8-3-2-4-9(12)6-8/h2-4,6-7,13H,5H2,1H3,(H,14,15). The van der Waals surface area contributed by atoms with Crippen LogP contribution in [0.15, 0.2) is 24.3 Å². The molecule has 0 spiro atoms. The van der Waals surface area contributed by atoms with Crippen LogP contribution in [0.2, 0.25) is 5.02 Å². The van der Waals surface area contributed by atoms with Crippen LogP contribution in [0.5, 0.6) is 0 Å². The molecule has 3 nitrogen and oxygen atoms in total. The summed E-state index contributed by atoms with van der Waals surface area (Å²) in [6.45, 7) is 1.58. The SMILES string of the molecule is CC(CC(=N)c1cccc(Cl)c1)C(=O)O. The fraction of sp³-hybridized carbons (Fsp3) is 0.273. The van der Waals surface area contributed by atoms with Gasteiger partial charge in [-0.3, -0.25) is 4.79 Å². The number of aliphatic carboxylic acids is 1. The first-order valence-electron chi connectivity index (χ1n) is 4.57. The summed E-state index contributed by atoms with van der Waals surface area (Å²) >= 11 is 5.78. The van der Waals surface area contributed by atoms with Gasteiger partial charge in [0.05, 0.1) is 5.92 Å². The molecule has 0 bridgehead atoms. The topological polar surface area (TPSA) is 61.2 Å². The molecule has 1 rings (SSSR count). The minimum Gasteiger partial charge on any atom is -0.481 e. The number of hydrogen-bond donors (Lipinski definition) is 2. The van der Waals surface area contributed by atoms with Gasteiger partial charge in [0.2, 0.25) is 0 Å². The maximum absolute atomic E-state index is 10.6. The number of halogens is 1. The smallest absolute Gasteiger partial charge is 0.306 e. The van der Waals surface area contributed by atoms with Crippen molar-refractivity contribution in [3.05, 3.63) is 34.9 Å². The van der Waals surface area contributed by atoms with Crippen LogP contribution in [0, 0.1) is 11.3 Å². The molecule has 1 aromatic carbocycles. The molecule has 4 heteroatoms. The van der Waals surface area contributed by atoms with Crippen molar-refractivity contribution in [3.63, 3.8) is 0 Å². The van der Waals surface area contributed by atoms with Crippen molar-refractivity contribution in [2.75, 3.05) is 0 Å². The van der Waals surface area contributed by atoms with E-state index in [1.807, 2.05) is 0 Å². The van der Waals surface area contributed by atoms with Gasteiger partial charge in [0.25, 0.3) is 0 Å². The van der Waals surface area contributed by atoms with E-state index in [4.69, 9.17) is 22.1 Å². The molecule has 0 heterocycles. The lowest BCUT2D eigenvalue weighted by Gasteiger charge is -2.07. The second-order valence-electron chi connectivity index (χ2n) is 3.43. The molecule has 0 aliphatic heterocycles. The highest BCUT2D eigenvalue weighted by molar-refractivity contribution is 6.31. The normalized spacial score (nSPS) is 12.1. The van der Waals surface area contributed by atoms with Crippen molar-refractivity contribution in [2.24, 2.45) is 5.92 Å². The van der Waals surface area contributed by atoms with Crippen LogP contribution in [0.25, 0.3) is 0 Å². The summed E-state index contributed by atoms with van der Waals surface area (Å²) in [5, 5.41) is 17.0. The van der Waals surface area contributed by atoms with Crippen LogP contribution in [0.1, 0.15) is 18.9 Å². The summed E-state index contributed by atoms with van der Waals surface area (Å²) in [5.41, 5.74) is 0.975. The van der Waals surface area contributed by atoms with Gasteiger partial charge >= 0.3 is 5.97 Å². The van der Waals surface area contributed by atoms with Gasteiger partial charge in [-0.2, -0.15) is 0 Å². The molecule has 0 saturated carbocycles. The zero-order chi connectivity index (χ0) is 11.4. The first-order chi connectivity index (χ1) is 7.00. The molecule has 0 saturated heterocycles. The van der Waals surface area contributed by atoms with Crippen molar-refractivity contribution in [3.8, 4) is 0 Å². The van der Waals surface area contributed by atoms with E-state index in [2.05, 4.69) is 0 Å². The summed E-state index contributed by atoms with van der Waals surface area (Å²) in [4.78, 5) is 10.6. The van der Waals surface area contributed by atoms with Gasteiger partial charge in [0.15, 0.2) is 0 Å². The second kappa shape index (κ2) is 4.94. The number of rotatable bonds is 4. The molecule has 1 unspecified atom stereocenters. The third kappa shape index (κ3) is 3.36. The van der Waals surface area contributed by atoms with Crippen molar-refractivity contribution in [1.82, 2.24) is 0 Å². The average molecular weight is 226 g/mol. The molecule has 0 aliphatic rings. The van der Waals surface area contributed by atoms with E-state index < -0.39 is 11.9 Å². The maximum atomic E-state index is 10.6. The van der Waals surface area contributed by atoms with Crippen LogP contribution in [-0.4, -0.2) is 16.8 Å².